The van der Waals surface area contributed by atoms with Crippen LogP contribution in [0.25, 0.3) is 0 Å². The molecule has 0 bridgehead atoms. The van der Waals surface area contributed by atoms with Gasteiger partial charge in [0.25, 0.3) is 0 Å². The number of phosphoric ester groups is 1. The van der Waals surface area contributed by atoms with Crippen molar-refractivity contribution < 1.29 is 38.3 Å². The van der Waals surface area contributed by atoms with E-state index in [1.165, 1.54) is 5.57 Å². The molecule has 0 aromatic heterocycles. The Morgan fingerprint density at radius 3 is 2.43 bits per heavy atom. The molecule has 1 aromatic rings. The van der Waals surface area contributed by atoms with E-state index in [1.807, 2.05) is 13.0 Å². The number of phenols is 1. The number of benzene rings is 1. The first-order valence-corrected chi connectivity index (χ1v) is 13.8. The Labute approximate surface area is 220 Å². The maximum atomic E-state index is 12.5. The molecule has 0 saturated heterocycles. The fourth-order valence-electron chi connectivity index (χ4n) is 4.38. The van der Waals surface area contributed by atoms with Crippen LogP contribution >= 0.6 is 7.82 Å². The van der Waals surface area contributed by atoms with Gasteiger partial charge in [-0.15, -0.1) is 0 Å². The number of allylic oxidation sites excluding steroid dienone is 3. The van der Waals surface area contributed by atoms with Crippen molar-refractivity contribution >= 4 is 14.0 Å². The van der Waals surface area contributed by atoms with Gasteiger partial charge in [0.05, 0.1) is 13.2 Å². The van der Waals surface area contributed by atoms with Crippen LogP contribution in [0.1, 0.15) is 82.8 Å². The molecular weight excluding hydrogens is 499 g/mol. The van der Waals surface area contributed by atoms with Gasteiger partial charge < -0.3 is 36.7 Å². The molecule has 1 aliphatic carbocycles. The average Bonchev–Trinajstić information content (AvgIpc) is 2.75. The first-order chi connectivity index (χ1) is 16.5. The van der Waals surface area contributed by atoms with Crippen LogP contribution in [0.5, 0.6) is 11.5 Å². The van der Waals surface area contributed by atoms with Crippen molar-refractivity contribution in [1.29, 1.82) is 0 Å². The summed E-state index contributed by atoms with van der Waals surface area (Å²) in [5.41, 5.74) is 3.67. The molecule has 11 heteroatoms. The summed E-state index contributed by atoms with van der Waals surface area (Å²) in [6, 6.07) is 3.57. The van der Waals surface area contributed by atoms with E-state index in [0.29, 0.717) is 18.4 Å². The van der Waals surface area contributed by atoms with E-state index < -0.39 is 14.0 Å². The highest BCUT2D eigenvalue weighted by Crippen LogP contribution is 2.47. The lowest BCUT2D eigenvalue weighted by atomic mass is 9.73. The van der Waals surface area contributed by atoms with Gasteiger partial charge >= 0.3 is 14.0 Å². The molecule has 2 atom stereocenters. The predicted molar refractivity (Wildman–Crippen MR) is 145 cm³/mol. The number of unbranched alkanes of at least 4 members (excludes halogenated alkanes) is 3. The Morgan fingerprint density at radius 1 is 1.14 bits per heavy atom. The summed E-state index contributed by atoms with van der Waals surface area (Å²) in [4.78, 5) is 29.9. The van der Waals surface area contributed by atoms with E-state index in [9.17, 15) is 14.5 Å². The maximum Gasteiger partial charge on any atom is 0.513 e. The van der Waals surface area contributed by atoms with E-state index >= 15 is 0 Å². The lowest BCUT2D eigenvalue weighted by Crippen LogP contribution is -2.19. The lowest BCUT2D eigenvalue weighted by molar-refractivity contribution is 0.0944. The standard InChI is InChI=1S/C26H39O8P.2H3N/c1-5-6-7-10-20-16-23(27)25(22-15-19(4)11-12-21(22)18(2)3)24(17-20)34-26(28)32-13-8-9-14-33-35(29,30)31;;/h15-17,21-22,27H,2,5-14H2,1,3-4H3,(H2,29,30,31);2*1H3/t21-,22+;;/m0../s1. The van der Waals surface area contributed by atoms with Crippen LogP contribution in [0.3, 0.4) is 0 Å². The fourth-order valence-corrected chi connectivity index (χ4v) is 4.75. The quantitative estimate of drug-likeness (QED) is 0.0575. The number of rotatable bonds is 13. The molecule has 0 amide bonds. The monoisotopic (exact) mass is 544 g/mol. The van der Waals surface area contributed by atoms with Crippen molar-refractivity contribution in [1.82, 2.24) is 12.3 Å². The molecule has 37 heavy (non-hydrogen) atoms. The summed E-state index contributed by atoms with van der Waals surface area (Å²) in [7, 11) is -4.50. The number of carbonyl (C=O) groups is 1. The van der Waals surface area contributed by atoms with Crippen molar-refractivity contribution in [2.24, 2.45) is 5.92 Å². The molecule has 0 unspecified atom stereocenters. The van der Waals surface area contributed by atoms with Gasteiger partial charge in [0.1, 0.15) is 11.5 Å². The minimum absolute atomic E-state index is 0. The maximum absolute atomic E-state index is 12.5. The first kappa shape index (κ1) is 34.8. The van der Waals surface area contributed by atoms with Gasteiger partial charge in [0.2, 0.25) is 0 Å². The van der Waals surface area contributed by atoms with Crippen molar-refractivity contribution in [3.8, 4) is 11.5 Å². The molecule has 212 valence electrons. The Balaban J connectivity index is 0.00000648. The lowest BCUT2D eigenvalue weighted by Gasteiger charge is -2.32. The van der Waals surface area contributed by atoms with Gasteiger partial charge in [-0.2, -0.15) is 0 Å². The summed E-state index contributed by atoms with van der Waals surface area (Å²) in [5, 5.41) is 11.0. The van der Waals surface area contributed by atoms with E-state index in [4.69, 9.17) is 19.3 Å². The number of carbonyl (C=O) groups excluding carboxylic acids is 1. The molecule has 0 aliphatic heterocycles. The largest absolute Gasteiger partial charge is 0.513 e. The third kappa shape index (κ3) is 11.8. The third-order valence-electron chi connectivity index (χ3n) is 6.17. The highest BCUT2D eigenvalue weighted by molar-refractivity contribution is 7.46. The van der Waals surface area contributed by atoms with Crippen LogP contribution in [-0.4, -0.2) is 34.3 Å². The van der Waals surface area contributed by atoms with Gasteiger partial charge in [-0.25, -0.2) is 9.36 Å². The van der Waals surface area contributed by atoms with Gasteiger partial charge in [-0.3, -0.25) is 4.52 Å². The van der Waals surface area contributed by atoms with Crippen molar-refractivity contribution in [3.05, 3.63) is 47.1 Å². The molecule has 10 nitrogen and oxygen atoms in total. The topological polar surface area (TPSA) is 193 Å². The van der Waals surface area contributed by atoms with E-state index in [-0.39, 0.29) is 48.8 Å². The van der Waals surface area contributed by atoms with Gasteiger partial charge in [-0.05, 0) is 76.0 Å². The summed E-state index contributed by atoms with van der Waals surface area (Å²) >= 11 is 0. The molecule has 0 saturated carbocycles. The Kier molecular flexibility index (Phi) is 15.6. The highest BCUT2D eigenvalue weighted by atomic mass is 31.2. The SMILES string of the molecule is C=C(C)[C@@H]1CCC(C)=C[C@H]1c1c(O)cc(CCCCC)cc1OC(=O)OCCCCOP(=O)(O)O.N.N. The molecule has 0 spiro atoms. The van der Waals surface area contributed by atoms with Crippen molar-refractivity contribution in [3.63, 3.8) is 0 Å². The molecule has 0 radical (unpaired) electrons. The molecule has 0 fully saturated rings. The molecule has 1 aromatic carbocycles. The number of aromatic hydroxyl groups is 1. The van der Waals surface area contributed by atoms with E-state index in [0.717, 1.165) is 49.7 Å². The summed E-state index contributed by atoms with van der Waals surface area (Å²) in [5.74, 6) is 0.327. The fraction of sp³-hybridized carbons (Fsp3) is 0.577. The number of phosphoric acid groups is 1. The Bertz CT molecular complexity index is 960. The summed E-state index contributed by atoms with van der Waals surface area (Å²) in [6.07, 6.45) is 7.61. The number of aryl methyl sites for hydroxylation is 1. The van der Waals surface area contributed by atoms with Crippen LogP contribution in [0.4, 0.5) is 4.79 Å². The predicted octanol–water partition coefficient (Wildman–Crippen LogP) is 6.87. The van der Waals surface area contributed by atoms with E-state index in [1.54, 1.807) is 6.07 Å². The van der Waals surface area contributed by atoms with Crippen LogP contribution in [0.15, 0.2) is 35.9 Å². The van der Waals surface area contributed by atoms with Crippen LogP contribution in [-0.2, 0) is 20.2 Å². The van der Waals surface area contributed by atoms with Gasteiger partial charge in [-0.1, -0.05) is 43.6 Å². The number of ether oxygens (including phenoxy) is 2. The zero-order chi connectivity index (χ0) is 26.0. The molecule has 0 heterocycles. The molecule has 9 N–H and O–H groups in total. The molecule has 2 rings (SSSR count). The normalized spacial score (nSPS) is 17.2. The van der Waals surface area contributed by atoms with Crippen LogP contribution < -0.4 is 17.0 Å². The van der Waals surface area contributed by atoms with Crippen LogP contribution in [0, 0.1) is 5.92 Å². The summed E-state index contributed by atoms with van der Waals surface area (Å²) < 4.78 is 25.9. The molecular formula is C26H45N2O8P. The van der Waals surface area contributed by atoms with Gasteiger partial charge in [0.15, 0.2) is 0 Å². The van der Waals surface area contributed by atoms with Crippen molar-refractivity contribution in [2.45, 2.75) is 78.1 Å². The number of hydrogen-bond donors (Lipinski definition) is 5. The second-order valence-electron chi connectivity index (χ2n) is 9.25. The summed E-state index contributed by atoms with van der Waals surface area (Å²) in [6.45, 7) is 10.2. The second-order valence-corrected chi connectivity index (χ2v) is 10.5. The Morgan fingerprint density at radius 2 is 1.81 bits per heavy atom. The number of hydrogen-bond acceptors (Lipinski definition) is 8. The van der Waals surface area contributed by atoms with Crippen LogP contribution in [0.2, 0.25) is 0 Å². The second kappa shape index (κ2) is 16.6. The smallest absolute Gasteiger partial charge is 0.507 e. The first-order valence-electron chi connectivity index (χ1n) is 12.2. The average molecular weight is 545 g/mol. The minimum Gasteiger partial charge on any atom is -0.507 e. The van der Waals surface area contributed by atoms with E-state index in [2.05, 4.69) is 31.0 Å². The van der Waals surface area contributed by atoms with Crippen molar-refractivity contribution in [2.75, 3.05) is 13.2 Å². The zero-order valence-electron chi connectivity index (χ0n) is 22.4. The number of phenolic OH excluding ortho intramolecular Hbond substituents is 1. The highest BCUT2D eigenvalue weighted by Gasteiger charge is 2.31. The third-order valence-corrected chi connectivity index (χ3v) is 6.69. The molecule has 1 aliphatic rings. The Hall–Kier alpha value is -2.20. The minimum atomic E-state index is -4.50. The zero-order valence-corrected chi connectivity index (χ0v) is 23.3. The van der Waals surface area contributed by atoms with Gasteiger partial charge in [0, 0.05) is 11.5 Å².